The highest BCUT2D eigenvalue weighted by atomic mass is 35.5. The lowest BCUT2D eigenvalue weighted by Gasteiger charge is -2.39. The van der Waals surface area contributed by atoms with Crippen LogP contribution in [-0.4, -0.2) is 37.2 Å². The van der Waals surface area contributed by atoms with E-state index in [0.29, 0.717) is 36.8 Å². The van der Waals surface area contributed by atoms with Crippen molar-refractivity contribution in [2.45, 2.75) is 37.2 Å². The van der Waals surface area contributed by atoms with Crippen molar-refractivity contribution in [3.8, 4) is 0 Å². The van der Waals surface area contributed by atoms with Crippen LogP contribution < -0.4 is 5.32 Å². The molecule has 6 heteroatoms. The average molecular weight is 414 g/mol. The number of esters is 1. The summed E-state index contributed by atoms with van der Waals surface area (Å²) in [6.07, 6.45) is 1.92. The number of hydrogen-bond donors (Lipinski definition) is 1. The molecule has 2 aliphatic heterocycles. The molecule has 1 unspecified atom stereocenters. The van der Waals surface area contributed by atoms with Crippen LogP contribution in [0.25, 0.3) is 0 Å². The van der Waals surface area contributed by atoms with Gasteiger partial charge < -0.3 is 14.8 Å². The highest BCUT2D eigenvalue weighted by molar-refractivity contribution is 6.30. The lowest BCUT2D eigenvalue weighted by molar-refractivity contribution is -0.140. The van der Waals surface area contributed by atoms with Crippen LogP contribution >= 0.6 is 11.6 Å². The van der Waals surface area contributed by atoms with Gasteiger partial charge in [0.05, 0.1) is 5.56 Å². The van der Waals surface area contributed by atoms with Gasteiger partial charge in [0.2, 0.25) is 0 Å². The Morgan fingerprint density at radius 1 is 1.14 bits per heavy atom. The van der Waals surface area contributed by atoms with E-state index in [0.717, 1.165) is 24.0 Å². The standard InChI is InChI=1S/C23H24ClNO4/c1-22(14-16-5-2-3-8-19(16)20(26)29-22)21(27)25-15-23(9-11-28-12-10-23)17-6-4-7-18(24)13-17/h2-8,13H,9-12,14-15H2,1H3,(H,25,27). The van der Waals surface area contributed by atoms with E-state index in [1.807, 2.05) is 36.4 Å². The molecule has 2 aromatic carbocycles. The van der Waals surface area contributed by atoms with Gasteiger partial charge in [-0.25, -0.2) is 4.79 Å². The van der Waals surface area contributed by atoms with E-state index in [9.17, 15) is 9.59 Å². The van der Waals surface area contributed by atoms with Gasteiger partial charge in [-0.2, -0.15) is 0 Å². The predicted octanol–water partition coefficient (Wildman–Crippen LogP) is 3.68. The van der Waals surface area contributed by atoms with Crippen molar-refractivity contribution < 1.29 is 19.1 Å². The van der Waals surface area contributed by atoms with Crippen molar-refractivity contribution in [1.29, 1.82) is 0 Å². The fourth-order valence-corrected chi connectivity index (χ4v) is 4.43. The molecular formula is C23H24ClNO4. The van der Waals surface area contributed by atoms with Crippen LogP contribution in [0, 0.1) is 0 Å². The molecule has 1 N–H and O–H groups in total. The largest absolute Gasteiger partial charge is 0.445 e. The van der Waals surface area contributed by atoms with Crippen molar-refractivity contribution in [2.24, 2.45) is 0 Å². The number of fused-ring (bicyclic) bond motifs is 1. The fraction of sp³-hybridized carbons (Fsp3) is 0.391. The molecule has 0 aromatic heterocycles. The quantitative estimate of drug-likeness (QED) is 0.776. The topological polar surface area (TPSA) is 64.6 Å². The molecule has 0 aliphatic carbocycles. The SMILES string of the molecule is CC1(C(=O)NCC2(c3cccc(Cl)c3)CCOCC2)Cc2ccccc2C(=O)O1. The lowest BCUT2D eigenvalue weighted by Crippen LogP contribution is -2.54. The Bertz CT molecular complexity index is 938. The number of cyclic esters (lactones) is 1. The third-order valence-corrected chi connectivity index (χ3v) is 6.27. The minimum absolute atomic E-state index is 0.258. The van der Waals surface area contributed by atoms with Crippen LogP contribution in [0.15, 0.2) is 48.5 Å². The maximum atomic E-state index is 13.1. The van der Waals surface area contributed by atoms with Gasteiger partial charge in [0.15, 0.2) is 5.60 Å². The molecule has 0 saturated carbocycles. The van der Waals surface area contributed by atoms with Crippen LogP contribution in [0.5, 0.6) is 0 Å². The molecule has 152 valence electrons. The van der Waals surface area contributed by atoms with Crippen LogP contribution in [-0.2, 0) is 26.1 Å². The predicted molar refractivity (Wildman–Crippen MR) is 110 cm³/mol. The van der Waals surface area contributed by atoms with Gasteiger partial charge >= 0.3 is 5.97 Å². The molecule has 1 fully saturated rings. The molecule has 0 radical (unpaired) electrons. The van der Waals surface area contributed by atoms with Crippen molar-refractivity contribution in [3.63, 3.8) is 0 Å². The van der Waals surface area contributed by atoms with E-state index in [4.69, 9.17) is 21.1 Å². The average Bonchev–Trinajstić information content (AvgIpc) is 2.72. The second-order valence-corrected chi connectivity index (χ2v) is 8.48. The van der Waals surface area contributed by atoms with Gasteiger partial charge in [0.25, 0.3) is 5.91 Å². The summed E-state index contributed by atoms with van der Waals surface area (Å²) in [5.74, 6) is -0.742. The van der Waals surface area contributed by atoms with E-state index in [-0.39, 0.29) is 11.3 Å². The first-order valence-corrected chi connectivity index (χ1v) is 10.2. The molecule has 0 bridgehead atoms. The van der Waals surface area contributed by atoms with E-state index in [1.54, 1.807) is 19.1 Å². The number of carbonyl (C=O) groups excluding carboxylic acids is 2. The van der Waals surface area contributed by atoms with Crippen molar-refractivity contribution in [3.05, 3.63) is 70.2 Å². The third kappa shape index (κ3) is 3.89. The summed E-state index contributed by atoms with van der Waals surface area (Å²) in [5.41, 5.74) is 0.956. The van der Waals surface area contributed by atoms with Gasteiger partial charge in [-0.3, -0.25) is 4.79 Å². The smallest absolute Gasteiger partial charge is 0.339 e. The van der Waals surface area contributed by atoms with E-state index in [2.05, 4.69) is 5.32 Å². The number of ether oxygens (including phenoxy) is 2. The Morgan fingerprint density at radius 2 is 1.90 bits per heavy atom. The molecule has 4 rings (SSSR count). The van der Waals surface area contributed by atoms with Crippen LogP contribution in [0.3, 0.4) is 0 Å². The van der Waals surface area contributed by atoms with E-state index >= 15 is 0 Å². The van der Waals surface area contributed by atoms with Gasteiger partial charge in [0, 0.05) is 36.6 Å². The zero-order chi connectivity index (χ0) is 20.5. The zero-order valence-electron chi connectivity index (χ0n) is 16.4. The maximum Gasteiger partial charge on any atom is 0.339 e. The summed E-state index contributed by atoms with van der Waals surface area (Å²) in [5, 5.41) is 3.73. The molecule has 1 atom stereocenters. The Kier molecular flexibility index (Phi) is 5.36. The number of rotatable bonds is 4. The van der Waals surface area contributed by atoms with Crippen molar-refractivity contribution in [1.82, 2.24) is 5.32 Å². The van der Waals surface area contributed by atoms with Gasteiger partial charge in [-0.15, -0.1) is 0 Å². The summed E-state index contributed by atoms with van der Waals surface area (Å²) >= 11 is 6.22. The summed E-state index contributed by atoms with van der Waals surface area (Å²) < 4.78 is 11.1. The van der Waals surface area contributed by atoms with E-state index < -0.39 is 11.6 Å². The second kappa shape index (κ2) is 7.81. The van der Waals surface area contributed by atoms with Crippen molar-refractivity contribution in [2.75, 3.05) is 19.8 Å². The highest BCUT2D eigenvalue weighted by Gasteiger charge is 2.44. The first-order chi connectivity index (χ1) is 13.9. The number of hydrogen-bond acceptors (Lipinski definition) is 4. The van der Waals surface area contributed by atoms with Gasteiger partial charge in [-0.1, -0.05) is 41.9 Å². The Morgan fingerprint density at radius 3 is 2.66 bits per heavy atom. The number of amides is 1. The number of nitrogens with one attached hydrogen (secondary N) is 1. The lowest BCUT2D eigenvalue weighted by atomic mass is 9.74. The summed E-state index contributed by atoms with van der Waals surface area (Å²) in [7, 11) is 0. The van der Waals surface area contributed by atoms with Gasteiger partial charge in [-0.05, 0) is 49.1 Å². The minimum Gasteiger partial charge on any atom is -0.445 e. The highest BCUT2D eigenvalue weighted by Crippen LogP contribution is 2.36. The first kappa shape index (κ1) is 19.9. The summed E-state index contributed by atoms with van der Waals surface area (Å²) in [4.78, 5) is 25.5. The molecule has 0 spiro atoms. The monoisotopic (exact) mass is 413 g/mol. The number of halogens is 1. The number of benzene rings is 2. The Balaban J connectivity index is 1.54. The minimum atomic E-state index is -1.23. The molecule has 2 aliphatic rings. The molecule has 1 saturated heterocycles. The third-order valence-electron chi connectivity index (χ3n) is 6.04. The van der Waals surface area contributed by atoms with Crippen LogP contribution in [0.1, 0.15) is 41.3 Å². The normalized spacial score (nSPS) is 23.0. The molecule has 5 nitrogen and oxygen atoms in total. The molecule has 1 amide bonds. The van der Waals surface area contributed by atoms with Crippen molar-refractivity contribution >= 4 is 23.5 Å². The molecule has 29 heavy (non-hydrogen) atoms. The zero-order valence-corrected chi connectivity index (χ0v) is 17.1. The Hall–Kier alpha value is -2.37. The molecule has 2 heterocycles. The summed E-state index contributed by atoms with van der Waals surface area (Å²) in [6, 6.07) is 15.0. The molecular weight excluding hydrogens is 390 g/mol. The first-order valence-electron chi connectivity index (χ1n) is 9.85. The Labute approximate surface area is 175 Å². The van der Waals surface area contributed by atoms with Crippen LogP contribution in [0.2, 0.25) is 5.02 Å². The number of carbonyl (C=O) groups is 2. The van der Waals surface area contributed by atoms with E-state index in [1.165, 1.54) is 0 Å². The second-order valence-electron chi connectivity index (χ2n) is 8.04. The maximum absolute atomic E-state index is 13.1. The summed E-state index contributed by atoms with van der Waals surface area (Å²) in [6.45, 7) is 3.36. The fourth-order valence-electron chi connectivity index (χ4n) is 4.24. The molecule has 2 aromatic rings. The van der Waals surface area contributed by atoms with Gasteiger partial charge in [0.1, 0.15) is 0 Å². The van der Waals surface area contributed by atoms with Crippen LogP contribution in [0.4, 0.5) is 0 Å².